The van der Waals surface area contributed by atoms with E-state index in [4.69, 9.17) is 10.9 Å². The molecule has 100 valence electrons. The summed E-state index contributed by atoms with van der Waals surface area (Å²) >= 11 is 0. The van der Waals surface area contributed by atoms with Crippen molar-refractivity contribution in [2.75, 3.05) is 13.6 Å². The lowest BCUT2D eigenvalue weighted by molar-refractivity contribution is 0.316. The Morgan fingerprint density at radius 3 is 2.53 bits per heavy atom. The quantitative estimate of drug-likeness (QED) is 0.330. The Hall–Kier alpha value is -0.820. The van der Waals surface area contributed by atoms with Crippen LogP contribution in [0.25, 0.3) is 0 Å². The van der Waals surface area contributed by atoms with Gasteiger partial charge in [-0.1, -0.05) is 24.4 Å². The molecule has 0 radical (unpaired) electrons. The fourth-order valence-corrected chi connectivity index (χ4v) is 3.85. The Kier molecular flexibility index (Phi) is 5.20. The van der Waals surface area contributed by atoms with E-state index >= 15 is 0 Å². The highest BCUT2D eigenvalue weighted by atomic mass is 32.2. The first-order chi connectivity index (χ1) is 7.98. The average Bonchev–Trinajstić information content (AvgIpc) is 2.36. The number of sulfonamides is 1. The first-order valence-corrected chi connectivity index (χ1v) is 7.40. The van der Waals surface area contributed by atoms with Gasteiger partial charge in [-0.05, 0) is 12.8 Å². The van der Waals surface area contributed by atoms with E-state index in [0.717, 1.165) is 32.1 Å². The minimum Gasteiger partial charge on any atom is -0.409 e. The summed E-state index contributed by atoms with van der Waals surface area (Å²) in [6, 6.07) is 0. The van der Waals surface area contributed by atoms with E-state index in [9.17, 15) is 8.42 Å². The zero-order valence-corrected chi connectivity index (χ0v) is 11.0. The van der Waals surface area contributed by atoms with Crippen molar-refractivity contribution in [1.29, 1.82) is 0 Å². The van der Waals surface area contributed by atoms with Crippen LogP contribution in [0.3, 0.4) is 0 Å². The molecule has 0 aliphatic heterocycles. The van der Waals surface area contributed by atoms with Gasteiger partial charge in [-0.2, -0.15) is 0 Å². The molecule has 7 heteroatoms. The van der Waals surface area contributed by atoms with Gasteiger partial charge in [0, 0.05) is 20.0 Å². The monoisotopic (exact) mass is 263 g/mol. The van der Waals surface area contributed by atoms with E-state index in [1.54, 1.807) is 7.05 Å². The molecule has 0 aromatic heterocycles. The van der Waals surface area contributed by atoms with Gasteiger partial charge in [0.25, 0.3) is 0 Å². The Bertz CT molecular complexity index is 361. The zero-order chi connectivity index (χ0) is 12.9. The van der Waals surface area contributed by atoms with Crippen molar-refractivity contribution in [2.24, 2.45) is 10.9 Å². The molecule has 0 spiro atoms. The van der Waals surface area contributed by atoms with Crippen LogP contribution in [0, 0.1) is 0 Å². The summed E-state index contributed by atoms with van der Waals surface area (Å²) in [6.07, 6.45) is 4.83. The van der Waals surface area contributed by atoms with Crippen molar-refractivity contribution < 1.29 is 13.6 Å². The minimum absolute atomic E-state index is 0.0516. The van der Waals surface area contributed by atoms with Gasteiger partial charge >= 0.3 is 0 Å². The molecule has 1 aliphatic rings. The molecule has 0 amide bonds. The maximum atomic E-state index is 12.2. The van der Waals surface area contributed by atoms with Crippen LogP contribution in [0.1, 0.15) is 38.5 Å². The second kappa shape index (κ2) is 6.20. The predicted molar refractivity (Wildman–Crippen MR) is 66.4 cm³/mol. The van der Waals surface area contributed by atoms with Crippen LogP contribution in [0.2, 0.25) is 0 Å². The van der Waals surface area contributed by atoms with E-state index in [2.05, 4.69) is 5.16 Å². The molecule has 6 nitrogen and oxygen atoms in total. The number of nitrogens with zero attached hydrogens (tertiary/aromatic N) is 2. The number of rotatable bonds is 5. The van der Waals surface area contributed by atoms with Crippen LogP contribution in [0.4, 0.5) is 0 Å². The Morgan fingerprint density at radius 1 is 1.41 bits per heavy atom. The number of oxime groups is 1. The minimum atomic E-state index is -3.22. The fourth-order valence-electron chi connectivity index (χ4n) is 2.07. The summed E-state index contributed by atoms with van der Waals surface area (Å²) in [4.78, 5) is 0. The lowest BCUT2D eigenvalue weighted by Crippen LogP contribution is -2.38. The number of hydrogen-bond donors (Lipinski definition) is 2. The van der Waals surface area contributed by atoms with Crippen LogP contribution in [-0.2, 0) is 10.0 Å². The average molecular weight is 263 g/mol. The summed E-state index contributed by atoms with van der Waals surface area (Å²) in [5.41, 5.74) is 5.32. The molecule has 17 heavy (non-hydrogen) atoms. The second-order valence-corrected chi connectivity index (χ2v) is 6.79. The molecule has 0 aromatic rings. The van der Waals surface area contributed by atoms with Gasteiger partial charge in [0.05, 0.1) is 5.25 Å². The van der Waals surface area contributed by atoms with Crippen LogP contribution in [0.15, 0.2) is 5.16 Å². The smallest absolute Gasteiger partial charge is 0.216 e. The van der Waals surface area contributed by atoms with Gasteiger partial charge in [-0.3, -0.25) is 0 Å². The first kappa shape index (κ1) is 14.2. The van der Waals surface area contributed by atoms with Crippen molar-refractivity contribution in [2.45, 2.75) is 43.8 Å². The van der Waals surface area contributed by atoms with E-state index in [0.29, 0.717) is 0 Å². The van der Waals surface area contributed by atoms with Crippen LogP contribution in [-0.4, -0.2) is 42.6 Å². The zero-order valence-electron chi connectivity index (χ0n) is 10.2. The summed E-state index contributed by atoms with van der Waals surface area (Å²) in [5.74, 6) is 0.0516. The van der Waals surface area contributed by atoms with Crippen molar-refractivity contribution in [3.05, 3.63) is 0 Å². The lowest BCUT2D eigenvalue weighted by Gasteiger charge is -2.26. The van der Waals surface area contributed by atoms with Gasteiger partial charge in [0.1, 0.15) is 5.84 Å². The highest BCUT2D eigenvalue weighted by Gasteiger charge is 2.30. The summed E-state index contributed by atoms with van der Waals surface area (Å²) < 4.78 is 25.7. The molecule has 0 bridgehead atoms. The van der Waals surface area contributed by atoms with E-state index in [1.165, 1.54) is 4.31 Å². The number of hydrogen-bond acceptors (Lipinski definition) is 4. The molecule has 0 aromatic carbocycles. The molecular formula is C10H21N3O3S. The van der Waals surface area contributed by atoms with Gasteiger partial charge in [-0.15, -0.1) is 0 Å². The Labute approximate surface area is 103 Å². The molecule has 1 rings (SSSR count). The molecule has 1 saturated carbocycles. The third kappa shape index (κ3) is 3.85. The van der Waals surface area contributed by atoms with Gasteiger partial charge in [-0.25, -0.2) is 12.7 Å². The summed E-state index contributed by atoms with van der Waals surface area (Å²) in [5, 5.41) is 11.0. The molecule has 1 fully saturated rings. The van der Waals surface area contributed by atoms with Crippen molar-refractivity contribution >= 4 is 15.9 Å². The molecule has 0 unspecified atom stereocenters. The number of amidine groups is 1. The van der Waals surface area contributed by atoms with Crippen molar-refractivity contribution in [3.8, 4) is 0 Å². The second-order valence-electron chi connectivity index (χ2n) is 4.47. The summed E-state index contributed by atoms with van der Waals surface area (Å²) in [7, 11) is -1.67. The largest absolute Gasteiger partial charge is 0.409 e. The van der Waals surface area contributed by atoms with Crippen molar-refractivity contribution in [3.63, 3.8) is 0 Å². The lowest BCUT2D eigenvalue weighted by atomic mass is 10.0. The van der Waals surface area contributed by atoms with Crippen LogP contribution >= 0.6 is 0 Å². The molecule has 0 heterocycles. The third-order valence-corrected chi connectivity index (χ3v) is 5.58. The standard InChI is InChI=1S/C10H21N3O3S/c1-13(8-7-10(11)12-14)17(15,16)9-5-3-2-4-6-9/h9,14H,2-8H2,1H3,(H2,11,12). The normalized spacial score (nSPS) is 19.8. The van der Waals surface area contributed by atoms with Gasteiger partial charge < -0.3 is 10.9 Å². The maximum Gasteiger partial charge on any atom is 0.216 e. The molecule has 1 aliphatic carbocycles. The molecule has 0 saturated heterocycles. The molecule has 3 N–H and O–H groups in total. The Morgan fingerprint density at radius 2 is 2.00 bits per heavy atom. The first-order valence-electron chi connectivity index (χ1n) is 5.90. The highest BCUT2D eigenvalue weighted by molar-refractivity contribution is 7.89. The van der Waals surface area contributed by atoms with E-state index in [1.807, 2.05) is 0 Å². The summed E-state index contributed by atoms with van der Waals surface area (Å²) in [6.45, 7) is 0.259. The SMILES string of the molecule is CN(CC/C(N)=N/O)S(=O)(=O)C1CCCCC1. The number of nitrogens with two attached hydrogens (primary N) is 1. The van der Waals surface area contributed by atoms with Gasteiger partial charge in [0.15, 0.2) is 0 Å². The third-order valence-electron chi connectivity index (χ3n) is 3.22. The maximum absolute atomic E-state index is 12.2. The van der Waals surface area contributed by atoms with Crippen LogP contribution in [0.5, 0.6) is 0 Å². The Balaban J connectivity index is 2.56. The van der Waals surface area contributed by atoms with Gasteiger partial charge in [0.2, 0.25) is 10.0 Å². The van der Waals surface area contributed by atoms with E-state index in [-0.39, 0.29) is 24.1 Å². The molecular weight excluding hydrogens is 242 g/mol. The topological polar surface area (TPSA) is 96.0 Å². The fraction of sp³-hybridized carbons (Fsp3) is 0.900. The predicted octanol–water partition coefficient (Wildman–Crippen LogP) is 0.717. The van der Waals surface area contributed by atoms with Crippen molar-refractivity contribution in [1.82, 2.24) is 4.31 Å². The van der Waals surface area contributed by atoms with Crippen LogP contribution < -0.4 is 5.73 Å². The molecule has 0 atom stereocenters. The highest BCUT2D eigenvalue weighted by Crippen LogP contribution is 2.25. The van der Waals surface area contributed by atoms with E-state index < -0.39 is 10.0 Å².